The van der Waals surface area contributed by atoms with Gasteiger partial charge in [-0.1, -0.05) is 11.6 Å². The molecule has 0 aliphatic carbocycles. The van der Waals surface area contributed by atoms with Gasteiger partial charge in [0.1, 0.15) is 28.7 Å². The SMILES string of the molecule is COc1ccc(-c2nc3ccc(Cl)cn3c2N)c(OC)c1. The van der Waals surface area contributed by atoms with Crippen molar-refractivity contribution in [2.75, 3.05) is 20.0 Å². The Hall–Kier alpha value is -2.40. The summed E-state index contributed by atoms with van der Waals surface area (Å²) in [4.78, 5) is 4.55. The molecule has 0 bridgehead atoms. The van der Waals surface area contributed by atoms with Gasteiger partial charge in [0.15, 0.2) is 0 Å². The van der Waals surface area contributed by atoms with Crippen molar-refractivity contribution in [1.82, 2.24) is 9.38 Å². The van der Waals surface area contributed by atoms with Crippen LogP contribution in [0.25, 0.3) is 16.9 Å². The number of pyridine rings is 1. The number of nitrogens with zero attached hydrogens (tertiary/aromatic N) is 2. The Morgan fingerprint density at radius 2 is 1.95 bits per heavy atom. The van der Waals surface area contributed by atoms with Crippen molar-refractivity contribution in [1.29, 1.82) is 0 Å². The normalized spacial score (nSPS) is 10.8. The molecule has 2 N–H and O–H groups in total. The molecule has 108 valence electrons. The van der Waals surface area contributed by atoms with Crippen molar-refractivity contribution in [3.8, 4) is 22.8 Å². The molecular formula is C15H14ClN3O2. The zero-order chi connectivity index (χ0) is 15.0. The van der Waals surface area contributed by atoms with Gasteiger partial charge in [0, 0.05) is 17.8 Å². The molecule has 2 aromatic heterocycles. The number of methoxy groups -OCH3 is 2. The van der Waals surface area contributed by atoms with Crippen LogP contribution in [0.3, 0.4) is 0 Å². The Kier molecular flexibility index (Phi) is 3.35. The molecule has 0 amide bonds. The average molecular weight is 304 g/mol. The number of hydrogen-bond acceptors (Lipinski definition) is 4. The Balaban J connectivity index is 2.23. The maximum absolute atomic E-state index is 6.19. The number of ether oxygens (including phenoxy) is 2. The van der Waals surface area contributed by atoms with Gasteiger partial charge >= 0.3 is 0 Å². The lowest BCUT2D eigenvalue weighted by molar-refractivity contribution is 0.395. The molecule has 2 heterocycles. The van der Waals surface area contributed by atoms with Gasteiger partial charge in [-0.15, -0.1) is 0 Å². The quantitative estimate of drug-likeness (QED) is 0.807. The second-order valence-corrected chi connectivity index (χ2v) is 4.92. The summed E-state index contributed by atoms with van der Waals surface area (Å²) in [5.41, 5.74) is 8.37. The van der Waals surface area contributed by atoms with Gasteiger partial charge in [0.25, 0.3) is 0 Å². The average Bonchev–Trinajstić information content (AvgIpc) is 2.83. The molecule has 0 saturated carbocycles. The lowest BCUT2D eigenvalue weighted by atomic mass is 10.1. The molecule has 0 radical (unpaired) electrons. The number of fused-ring (bicyclic) bond motifs is 1. The molecule has 1 aromatic carbocycles. The van der Waals surface area contributed by atoms with Crippen LogP contribution in [-0.4, -0.2) is 23.6 Å². The summed E-state index contributed by atoms with van der Waals surface area (Å²) >= 11 is 6.00. The van der Waals surface area contributed by atoms with Crippen molar-refractivity contribution in [3.63, 3.8) is 0 Å². The van der Waals surface area contributed by atoms with Crippen LogP contribution in [0.5, 0.6) is 11.5 Å². The highest BCUT2D eigenvalue weighted by molar-refractivity contribution is 6.30. The second-order valence-electron chi connectivity index (χ2n) is 4.49. The third-order valence-corrected chi connectivity index (χ3v) is 3.51. The summed E-state index contributed by atoms with van der Waals surface area (Å²) in [5, 5.41) is 0.597. The fourth-order valence-electron chi connectivity index (χ4n) is 2.23. The lowest BCUT2D eigenvalue weighted by Gasteiger charge is -2.09. The van der Waals surface area contributed by atoms with Gasteiger partial charge in [-0.3, -0.25) is 4.40 Å². The Morgan fingerprint density at radius 3 is 2.67 bits per heavy atom. The minimum atomic E-state index is 0.510. The van der Waals surface area contributed by atoms with Gasteiger partial charge < -0.3 is 15.2 Å². The van der Waals surface area contributed by atoms with Crippen molar-refractivity contribution in [2.24, 2.45) is 0 Å². The van der Waals surface area contributed by atoms with Gasteiger partial charge in [0.05, 0.1) is 19.2 Å². The van der Waals surface area contributed by atoms with Crippen LogP contribution in [-0.2, 0) is 0 Å². The van der Waals surface area contributed by atoms with Crippen LogP contribution >= 0.6 is 11.6 Å². The molecule has 21 heavy (non-hydrogen) atoms. The maximum Gasteiger partial charge on any atom is 0.139 e. The van der Waals surface area contributed by atoms with Crippen LogP contribution in [0.2, 0.25) is 5.02 Å². The number of benzene rings is 1. The molecule has 0 atom stereocenters. The fourth-order valence-corrected chi connectivity index (χ4v) is 2.39. The van der Waals surface area contributed by atoms with Crippen LogP contribution in [0.15, 0.2) is 36.5 Å². The topological polar surface area (TPSA) is 61.8 Å². The summed E-state index contributed by atoms with van der Waals surface area (Å²) in [6.07, 6.45) is 1.73. The van der Waals surface area contributed by atoms with Gasteiger partial charge in [0.2, 0.25) is 0 Å². The van der Waals surface area contributed by atoms with Crippen molar-refractivity contribution in [2.45, 2.75) is 0 Å². The summed E-state index contributed by atoms with van der Waals surface area (Å²) < 4.78 is 12.4. The van der Waals surface area contributed by atoms with E-state index >= 15 is 0 Å². The first-order valence-electron chi connectivity index (χ1n) is 6.29. The van der Waals surface area contributed by atoms with E-state index in [9.17, 15) is 0 Å². The number of halogens is 1. The number of anilines is 1. The first-order valence-corrected chi connectivity index (χ1v) is 6.67. The molecule has 6 heteroatoms. The van der Waals surface area contributed by atoms with E-state index in [4.69, 9.17) is 26.8 Å². The lowest BCUT2D eigenvalue weighted by Crippen LogP contribution is -1.96. The van der Waals surface area contributed by atoms with E-state index in [2.05, 4.69) is 4.98 Å². The molecule has 0 aliphatic rings. The zero-order valence-corrected chi connectivity index (χ0v) is 12.4. The summed E-state index contributed by atoms with van der Waals surface area (Å²) in [6.45, 7) is 0. The predicted molar refractivity (Wildman–Crippen MR) is 83.2 cm³/mol. The highest BCUT2D eigenvalue weighted by Crippen LogP contribution is 2.36. The Bertz CT molecular complexity index is 814. The van der Waals surface area contributed by atoms with Crippen LogP contribution in [0.1, 0.15) is 0 Å². The number of hydrogen-bond donors (Lipinski definition) is 1. The van der Waals surface area contributed by atoms with E-state index in [1.807, 2.05) is 18.2 Å². The number of imidazole rings is 1. The van der Waals surface area contributed by atoms with E-state index in [1.165, 1.54) is 0 Å². The van der Waals surface area contributed by atoms with Gasteiger partial charge in [-0.25, -0.2) is 4.98 Å². The highest BCUT2D eigenvalue weighted by Gasteiger charge is 2.16. The zero-order valence-electron chi connectivity index (χ0n) is 11.6. The molecule has 5 nitrogen and oxygen atoms in total. The fraction of sp³-hybridized carbons (Fsp3) is 0.133. The van der Waals surface area contributed by atoms with Gasteiger partial charge in [-0.2, -0.15) is 0 Å². The number of rotatable bonds is 3. The minimum Gasteiger partial charge on any atom is -0.497 e. The van der Waals surface area contributed by atoms with E-state index in [0.717, 1.165) is 11.2 Å². The third-order valence-electron chi connectivity index (χ3n) is 3.28. The number of nitrogens with two attached hydrogens (primary N) is 1. The van der Waals surface area contributed by atoms with E-state index < -0.39 is 0 Å². The summed E-state index contributed by atoms with van der Waals surface area (Å²) in [7, 11) is 3.21. The largest absolute Gasteiger partial charge is 0.497 e. The van der Waals surface area contributed by atoms with Crippen molar-refractivity contribution < 1.29 is 9.47 Å². The van der Waals surface area contributed by atoms with Crippen molar-refractivity contribution in [3.05, 3.63) is 41.6 Å². The standard InChI is InChI=1S/C15H14ClN3O2/c1-20-10-4-5-11(12(7-10)21-2)14-15(17)19-8-9(16)3-6-13(19)18-14/h3-8H,17H2,1-2H3. The summed E-state index contributed by atoms with van der Waals surface area (Å²) in [6, 6.07) is 9.11. The number of nitrogen functional groups attached to an aromatic ring is 1. The first kappa shape index (κ1) is 13.6. The molecule has 0 unspecified atom stereocenters. The molecule has 0 spiro atoms. The Labute approximate surface area is 126 Å². The molecule has 3 rings (SSSR count). The Morgan fingerprint density at radius 1 is 1.14 bits per heavy atom. The van der Waals surface area contributed by atoms with Crippen LogP contribution in [0.4, 0.5) is 5.82 Å². The molecule has 3 aromatic rings. The van der Waals surface area contributed by atoms with Crippen molar-refractivity contribution >= 4 is 23.1 Å². The number of aromatic nitrogens is 2. The second kappa shape index (κ2) is 5.18. The molecule has 0 aliphatic heterocycles. The predicted octanol–water partition coefficient (Wildman–Crippen LogP) is 3.25. The molecule has 0 saturated heterocycles. The van der Waals surface area contributed by atoms with Crippen LogP contribution < -0.4 is 15.2 Å². The monoisotopic (exact) mass is 303 g/mol. The van der Waals surface area contributed by atoms with E-state index in [1.54, 1.807) is 36.9 Å². The maximum atomic E-state index is 6.19. The third kappa shape index (κ3) is 2.25. The molecule has 0 fully saturated rings. The molecular weight excluding hydrogens is 290 g/mol. The van der Waals surface area contributed by atoms with E-state index in [-0.39, 0.29) is 0 Å². The smallest absolute Gasteiger partial charge is 0.139 e. The minimum absolute atomic E-state index is 0.510. The van der Waals surface area contributed by atoms with Crippen LogP contribution in [0, 0.1) is 0 Å². The summed E-state index contributed by atoms with van der Waals surface area (Å²) in [5.74, 6) is 1.87. The van der Waals surface area contributed by atoms with Gasteiger partial charge in [-0.05, 0) is 24.3 Å². The first-order chi connectivity index (χ1) is 10.1. The van der Waals surface area contributed by atoms with E-state index in [0.29, 0.717) is 28.0 Å². The highest BCUT2D eigenvalue weighted by atomic mass is 35.5.